The SMILES string of the molecule is Cc1nc2ccccc2nc1N1CCC(C)C1CO. The minimum Gasteiger partial charge on any atom is -0.394 e. The van der Waals surface area contributed by atoms with Gasteiger partial charge in [-0.25, -0.2) is 9.97 Å². The van der Waals surface area contributed by atoms with E-state index in [9.17, 15) is 5.11 Å². The third kappa shape index (κ3) is 2.06. The van der Waals surface area contributed by atoms with Crippen molar-refractivity contribution in [3.8, 4) is 0 Å². The van der Waals surface area contributed by atoms with E-state index in [0.29, 0.717) is 5.92 Å². The molecule has 0 spiro atoms. The molecule has 19 heavy (non-hydrogen) atoms. The van der Waals surface area contributed by atoms with Crippen LogP contribution in [0.2, 0.25) is 0 Å². The maximum absolute atomic E-state index is 9.58. The van der Waals surface area contributed by atoms with Gasteiger partial charge < -0.3 is 10.0 Å². The molecule has 2 unspecified atom stereocenters. The number of anilines is 1. The number of nitrogens with zero attached hydrogens (tertiary/aromatic N) is 3. The van der Waals surface area contributed by atoms with Crippen molar-refractivity contribution in [1.82, 2.24) is 9.97 Å². The second-order valence-corrected chi connectivity index (χ2v) is 5.33. The topological polar surface area (TPSA) is 49.2 Å². The number of para-hydroxylation sites is 2. The summed E-state index contributed by atoms with van der Waals surface area (Å²) < 4.78 is 0. The first kappa shape index (κ1) is 12.4. The summed E-state index contributed by atoms with van der Waals surface area (Å²) in [7, 11) is 0. The van der Waals surface area contributed by atoms with Crippen LogP contribution in [-0.2, 0) is 0 Å². The zero-order valence-electron chi connectivity index (χ0n) is 11.4. The molecule has 3 rings (SSSR count). The van der Waals surface area contributed by atoms with Gasteiger partial charge in [0.05, 0.1) is 29.4 Å². The Balaban J connectivity index is 2.07. The van der Waals surface area contributed by atoms with Crippen LogP contribution >= 0.6 is 0 Å². The molecule has 0 radical (unpaired) electrons. The van der Waals surface area contributed by atoms with E-state index in [1.165, 1.54) is 0 Å². The number of aryl methyl sites for hydroxylation is 1. The van der Waals surface area contributed by atoms with Crippen LogP contribution in [0.1, 0.15) is 19.0 Å². The fraction of sp³-hybridized carbons (Fsp3) is 0.467. The highest BCUT2D eigenvalue weighted by Crippen LogP contribution is 2.30. The molecule has 0 saturated carbocycles. The van der Waals surface area contributed by atoms with E-state index in [4.69, 9.17) is 4.98 Å². The van der Waals surface area contributed by atoms with E-state index >= 15 is 0 Å². The molecule has 1 saturated heterocycles. The first-order valence-electron chi connectivity index (χ1n) is 6.81. The van der Waals surface area contributed by atoms with Crippen molar-refractivity contribution in [2.75, 3.05) is 18.1 Å². The molecular formula is C15H19N3O. The Morgan fingerprint density at radius 2 is 1.95 bits per heavy atom. The van der Waals surface area contributed by atoms with Gasteiger partial charge in [-0.1, -0.05) is 19.1 Å². The van der Waals surface area contributed by atoms with Crippen molar-refractivity contribution in [2.24, 2.45) is 5.92 Å². The number of aliphatic hydroxyl groups excluding tert-OH is 1. The standard InChI is InChI=1S/C15H19N3O/c1-10-7-8-18(14(10)9-19)15-11(2)16-12-5-3-4-6-13(12)17-15/h3-6,10,14,19H,7-9H2,1-2H3. The first-order valence-corrected chi connectivity index (χ1v) is 6.81. The maximum Gasteiger partial charge on any atom is 0.151 e. The van der Waals surface area contributed by atoms with Gasteiger partial charge in [0.1, 0.15) is 0 Å². The second-order valence-electron chi connectivity index (χ2n) is 5.33. The summed E-state index contributed by atoms with van der Waals surface area (Å²) in [5, 5.41) is 9.58. The molecule has 0 aliphatic carbocycles. The van der Waals surface area contributed by atoms with E-state index in [-0.39, 0.29) is 12.6 Å². The van der Waals surface area contributed by atoms with Gasteiger partial charge in [-0.15, -0.1) is 0 Å². The summed E-state index contributed by atoms with van der Waals surface area (Å²) in [6, 6.07) is 8.08. The summed E-state index contributed by atoms with van der Waals surface area (Å²) >= 11 is 0. The number of benzene rings is 1. The van der Waals surface area contributed by atoms with Gasteiger partial charge in [-0.3, -0.25) is 0 Å². The van der Waals surface area contributed by atoms with Gasteiger partial charge >= 0.3 is 0 Å². The van der Waals surface area contributed by atoms with Gasteiger partial charge in [0.2, 0.25) is 0 Å². The number of rotatable bonds is 2. The molecule has 2 atom stereocenters. The summed E-state index contributed by atoms with van der Waals surface area (Å²) in [5.74, 6) is 1.42. The predicted molar refractivity (Wildman–Crippen MR) is 76.3 cm³/mol. The summed E-state index contributed by atoms with van der Waals surface area (Å²) in [6.07, 6.45) is 1.10. The van der Waals surface area contributed by atoms with E-state index in [2.05, 4.69) is 16.8 Å². The molecule has 0 amide bonds. The van der Waals surface area contributed by atoms with Gasteiger partial charge in [-0.2, -0.15) is 0 Å². The van der Waals surface area contributed by atoms with Gasteiger partial charge in [-0.05, 0) is 31.4 Å². The molecule has 0 bridgehead atoms. The van der Waals surface area contributed by atoms with E-state index in [1.54, 1.807) is 0 Å². The molecular weight excluding hydrogens is 238 g/mol. The quantitative estimate of drug-likeness (QED) is 0.895. The average molecular weight is 257 g/mol. The van der Waals surface area contributed by atoms with Gasteiger partial charge in [0, 0.05) is 6.54 Å². The fourth-order valence-electron chi connectivity index (χ4n) is 2.90. The number of aliphatic hydroxyl groups is 1. The number of hydrogen-bond acceptors (Lipinski definition) is 4. The predicted octanol–water partition coefficient (Wildman–Crippen LogP) is 2.15. The van der Waals surface area contributed by atoms with Crippen LogP contribution in [0.4, 0.5) is 5.82 Å². The van der Waals surface area contributed by atoms with Crippen molar-refractivity contribution in [1.29, 1.82) is 0 Å². The monoisotopic (exact) mass is 257 g/mol. The zero-order chi connectivity index (χ0) is 13.4. The van der Waals surface area contributed by atoms with Crippen molar-refractivity contribution in [3.63, 3.8) is 0 Å². The normalized spacial score (nSPS) is 23.2. The lowest BCUT2D eigenvalue weighted by Gasteiger charge is -2.27. The Hall–Kier alpha value is -1.68. The minimum atomic E-state index is 0.161. The number of fused-ring (bicyclic) bond motifs is 1. The molecule has 1 aromatic heterocycles. The Morgan fingerprint density at radius 1 is 1.26 bits per heavy atom. The largest absolute Gasteiger partial charge is 0.394 e. The summed E-state index contributed by atoms with van der Waals surface area (Å²) in [4.78, 5) is 11.6. The summed E-state index contributed by atoms with van der Waals surface area (Å²) in [5.41, 5.74) is 2.78. The second kappa shape index (κ2) is 4.78. The highest BCUT2D eigenvalue weighted by atomic mass is 16.3. The zero-order valence-corrected chi connectivity index (χ0v) is 11.4. The molecule has 100 valence electrons. The highest BCUT2D eigenvalue weighted by molar-refractivity contribution is 5.76. The van der Waals surface area contributed by atoms with Crippen LogP contribution in [0.15, 0.2) is 24.3 Å². The molecule has 1 aliphatic heterocycles. The minimum absolute atomic E-state index is 0.161. The maximum atomic E-state index is 9.58. The third-order valence-corrected chi connectivity index (χ3v) is 4.06. The van der Waals surface area contributed by atoms with Crippen LogP contribution in [0.5, 0.6) is 0 Å². The van der Waals surface area contributed by atoms with Crippen molar-refractivity contribution in [2.45, 2.75) is 26.3 Å². The molecule has 4 nitrogen and oxygen atoms in total. The number of hydrogen-bond donors (Lipinski definition) is 1. The van der Waals surface area contributed by atoms with Crippen LogP contribution in [-0.4, -0.2) is 34.3 Å². The van der Waals surface area contributed by atoms with Crippen LogP contribution in [0, 0.1) is 12.8 Å². The first-order chi connectivity index (χ1) is 9.20. The lowest BCUT2D eigenvalue weighted by molar-refractivity contribution is 0.244. The molecule has 4 heteroatoms. The smallest absolute Gasteiger partial charge is 0.151 e. The molecule has 1 aromatic carbocycles. The molecule has 1 aliphatic rings. The Bertz CT molecular complexity index is 599. The Kier molecular flexibility index (Phi) is 3.11. The third-order valence-electron chi connectivity index (χ3n) is 4.06. The lowest BCUT2D eigenvalue weighted by Crippen LogP contribution is -2.36. The van der Waals surface area contributed by atoms with E-state index in [0.717, 1.165) is 35.5 Å². The van der Waals surface area contributed by atoms with E-state index < -0.39 is 0 Å². The average Bonchev–Trinajstić information content (AvgIpc) is 2.78. The molecule has 1 N–H and O–H groups in total. The van der Waals surface area contributed by atoms with Crippen molar-refractivity contribution < 1.29 is 5.11 Å². The molecule has 2 heterocycles. The van der Waals surface area contributed by atoms with Gasteiger partial charge in [0.25, 0.3) is 0 Å². The van der Waals surface area contributed by atoms with Crippen molar-refractivity contribution in [3.05, 3.63) is 30.0 Å². The van der Waals surface area contributed by atoms with Crippen molar-refractivity contribution >= 4 is 16.9 Å². The van der Waals surface area contributed by atoms with E-state index in [1.807, 2.05) is 31.2 Å². The number of aromatic nitrogens is 2. The van der Waals surface area contributed by atoms with Crippen LogP contribution < -0.4 is 4.90 Å². The fourth-order valence-corrected chi connectivity index (χ4v) is 2.90. The molecule has 1 fully saturated rings. The molecule has 2 aromatic rings. The Labute approximate surface area is 113 Å². The van der Waals surface area contributed by atoms with Crippen LogP contribution in [0.25, 0.3) is 11.0 Å². The lowest BCUT2D eigenvalue weighted by atomic mass is 10.0. The van der Waals surface area contributed by atoms with Crippen LogP contribution in [0.3, 0.4) is 0 Å². The highest BCUT2D eigenvalue weighted by Gasteiger charge is 2.32. The summed E-state index contributed by atoms with van der Waals surface area (Å²) in [6.45, 7) is 5.30. The Morgan fingerprint density at radius 3 is 2.63 bits per heavy atom. The van der Waals surface area contributed by atoms with Gasteiger partial charge in [0.15, 0.2) is 5.82 Å².